The summed E-state index contributed by atoms with van der Waals surface area (Å²) < 4.78 is 5.02. The molecule has 0 saturated carbocycles. The summed E-state index contributed by atoms with van der Waals surface area (Å²) in [5, 5.41) is 6.33. The van der Waals surface area contributed by atoms with Crippen molar-refractivity contribution >= 4 is 29.4 Å². The molecule has 0 fully saturated rings. The van der Waals surface area contributed by atoms with Crippen LogP contribution in [-0.4, -0.2) is 41.1 Å². The van der Waals surface area contributed by atoms with Crippen LogP contribution in [0.25, 0.3) is 6.08 Å². The highest BCUT2D eigenvalue weighted by atomic mass is 35.5. The third kappa shape index (κ3) is 6.21. The lowest BCUT2D eigenvalue weighted by Crippen LogP contribution is -2.23. The van der Waals surface area contributed by atoms with Gasteiger partial charge in [-0.05, 0) is 30.2 Å². The Labute approximate surface area is 145 Å². The van der Waals surface area contributed by atoms with Gasteiger partial charge >= 0.3 is 0 Å². The average molecular weight is 348 g/mol. The van der Waals surface area contributed by atoms with Crippen molar-refractivity contribution in [3.8, 4) is 5.88 Å². The zero-order valence-electron chi connectivity index (χ0n) is 13.2. The molecule has 2 aromatic heterocycles. The first-order chi connectivity index (χ1) is 11.7. The molecule has 126 valence electrons. The molecule has 0 aliphatic rings. The number of carbonyl (C=O) groups is 1. The SMILES string of the molecule is COc1cc(NCCCNC(=O)/C=C/c2ccnc(Cl)c2)ncn1. The van der Waals surface area contributed by atoms with E-state index in [1.807, 2.05) is 0 Å². The summed E-state index contributed by atoms with van der Waals surface area (Å²) in [6, 6.07) is 5.17. The van der Waals surface area contributed by atoms with Crippen LogP contribution in [0.4, 0.5) is 5.82 Å². The molecule has 0 radical (unpaired) electrons. The minimum Gasteiger partial charge on any atom is -0.481 e. The molecule has 2 N–H and O–H groups in total. The van der Waals surface area contributed by atoms with Gasteiger partial charge in [0.2, 0.25) is 11.8 Å². The lowest BCUT2D eigenvalue weighted by atomic mass is 10.2. The van der Waals surface area contributed by atoms with Crippen LogP contribution < -0.4 is 15.4 Å². The molecule has 0 aliphatic carbocycles. The monoisotopic (exact) mass is 347 g/mol. The molecule has 2 aromatic rings. The van der Waals surface area contributed by atoms with Crippen LogP contribution in [0.5, 0.6) is 5.88 Å². The summed E-state index contributed by atoms with van der Waals surface area (Å²) >= 11 is 5.78. The number of hydrogen-bond acceptors (Lipinski definition) is 6. The molecule has 0 bridgehead atoms. The lowest BCUT2D eigenvalue weighted by molar-refractivity contribution is -0.116. The Bertz CT molecular complexity index is 708. The van der Waals surface area contributed by atoms with Gasteiger partial charge in [-0.1, -0.05) is 11.6 Å². The van der Waals surface area contributed by atoms with Crippen molar-refractivity contribution in [2.45, 2.75) is 6.42 Å². The van der Waals surface area contributed by atoms with Gasteiger partial charge in [0.15, 0.2) is 0 Å². The van der Waals surface area contributed by atoms with Gasteiger partial charge in [-0.2, -0.15) is 0 Å². The number of carbonyl (C=O) groups excluding carboxylic acids is 1. The van der Waals surface area contributed by atoms with Crippen molar-refractivity contribution in [3.63, 3.8) is 0 Å². The van der Waals surface area contributed by atoms with Gasteiger partial charge in [0.05, 0.1) is 7.11 Å². The van der Waals surface area contributed by atoms with Crippen LogP contribution in [0, 0.1) is 0 Å². The Morgan fingerprint density at radius 3 is 2.96 bits per heavy atom. The second-order valence-electron chi connectivity index (χ2n) is 4.76. The standard InChI is InChI=1S/C16H18ClN5O2/c1-24-16-10-14(21-11-22-16)19-6-2-7-20-15(23)4-3-12-5-8-18-13(17)9-12/h3-5,8-11H,2,6-7H2,1H3,(H,20,23)(H,19,21,22)/b4-3+. The second kappa shape index (κ2) is 9.46. The minimum absolute atomic E-state index is 0.161. The number of pyridine rings is 1. The van der Waals surface area contributed by atoms with Crippen LogP contribution in [0.15, 0.2) is 36.8 Å². The molecule has 2 heterocycles. The Hall–Kier alpha value is -2.67. The molecule has 2 rings (SSSR count). The number of nitrogens with zero attached hydrogens (tertiary/aromatic N) is 3. The van der Waals surface area contributed by atoms with Gasteiger partial charge in [0.1, 0.15) is 17.3 Å². The van der Waals surface area contributed by atoms with Crippen LogP contribution in [0.3, 0.4) is 0 Å². The van der Waals surface area contributed by atoms with Crippen molar-refractivity contribution < 1.29 is 9.53 Å². The molecule has 0 aromatic carbocycles. The van der Waals surface area contributed by atoms with Gasteiger partial charge < -0.3 is 15.4 Å². The fourth-order valence-corrected chi connectivity index (χ4v) is 2.00. The fourth-order valence-electron chi connectivity index (χ4n) is 1.82. The van der Waals surface area contributed by atoms with Crippen molar-refractivity contribution in [1.82, 2.24) is 20.3 Å². The van der Waals surface area contributed by atoms with Gasteiger partial charge in [0, 0.05) is 31.4 Å². The highest BCUT2D eigenvalue weighted by Gasteiger charge is 1.99. The number of halogens is 1. The molecule has 1 amide bonds. The van der Waals surface area contributed by atoms with E-state index >= 15 is 0 Å². The summed E-state index contributed by atoms with van der Waals surface area (Å²) in [6.07, 6.45) is 6.93. The summed E-state index contributed by atoms with van der Waals surface area (Å²) in [5.74, 6) is 1.02. The normalized spacial score (nSPS) is 10.6. The number of nitrogens with one attached hydrogen (secondary N) is 2. The summed E-state index contributed by atoms with van der Waals surface area (Å²) in [4.78, 5) is 23.6. The molecule has 0 unspecified atom stereocenters. The van der Waals surface area contributed by atoms with Crippen LogP contribution >= 0.6 is 11.6 Å². The van der Waals surface area contributed by atoms with E-state index in [1.54, 1.807) is 37.6 Å². The first-order valence-corrected chi connectivity index (χ1v) is 7.72. The topological polar surface area (TPSA) is 89.0 Å². The molecular formula is C16H18ClN5O2. The Kier molecular flexibility index (Phi) is 6.97. The summed E-state index contributed by atoms with van der Waals surface area (Å²) in [6.45, 7) is 1.22. The van der Waals surface area contributed by atoms with Gasteiger partial charge in [-0.15, -0.1) is 0 Å². The highest BCUT2D eigenvalue weighted by molar-refractivity contribution is 6.29. The van der Waals surface area contributed by atoms with Gasteiger partial charge in [-0.25, -0.2) is 15.0 Å². The van der Waals surface area contributed by atoms with E-state index in [2.05, 4.69) is 25.6 Å². The maximum atomic E-state index is 11.7. The highest BCUT2D eigenvalue weighted by Crippen LogP contribution is 2.10. The Morgan fingerprint density at radius 1 is 1.29 bits per heavy atom. The van der Waals surface area contributed by atoms with Crippen molar-refractivity contribution in [1.29, 1.82) is 0 Å². The third-order valence-electron chi connectivity index (χ3n) is 2.99. The molecule has 24 heavy (non-hydrogen) atoms. The third-order valence-corrected chi connectivity index (χ3v) is 3.19. The molecule has 0 spiro atoms. The van der Waals surface area contributed by atoms with Crippen LogP contribution in [0.2, 0.25) is 5.15 Å². The number of aromatic nitrogens is 3. The smallest absolute Gasteiger partial charge is 0.244 e. The van der Waals surface area contributed by atoms with Gasteiger partial charge in [-0.3, -0.25) is 4.79 Å². The van der Waals surface area contributed by atoms with Crippen LogP contribution in [-0.2, 0) is 4.79 Å². The van der Waals surface area contributed by atoms with Crippen molar-refractivity contribution in [2.75, 3.05) is 25.5 Å². The zero-order valence-corrected chi connectivity index (χ0v) is 14.0. The largest absolute Gasteiger partial charge is 0.481 e. The molecule has 0 aliphatic heterocycles. The molecule has 8 heteroatoms. The van der Waals surface area contributed by atoms with E-state index in [0.29, 0.717) is 29.9 Å². The zero-order chi connectivity index (χ0) is 17.2. The number of ether oxygens (including phenoxy) is 1. The van der Waals surface area contributed by atoms with Crippen LogP contribution in [0.1, 0.15) is 12.0 Å². The number of methoxy groups -OCH3 is 1. The predicted octanol–water partition coefficient (Wildman–Crippen LogP) is 2.17. The number of amides is 1. The van der Waals surface area contributed by atoms with E-state index in [0.717, 1.165) is 12.0 Å². The minimum atomic E-state index is -0.161. The fraction of sp³-hybridized carbons (Fsp3) is 0.250. The average Bonchev–Trinajstić information content (AvgIpc) is 2.60. The molecule has 0 atom stereocenters. The molecule has 7 nitrogen and oxygen atoms in total. The number of rotatable bonds is 8. The maximum Gasteiger partial charge on any atom is 0.244 e. The summed E-state index contributed by atoms with van der Waals surface area (Å²) in [7, 11) is 1.55. The Morgan fingerprint density at radius 2 is 2.17 bits per heavy atom. The lowest BCUT2D eigenvalue weighted by Gasteiger charge is -2.06. The van der Waals surface area contributed by atoms with Crippen molar-refractivity contribution in [3.05, 3.63) is 47.5 Å². The Balaban J connectivity index is 1.65. The first kappa shape index (κ1) is 17.7. The van der Waals surface area contributed by atoms with E-state index in [-0.39, 0.29) is 5.91 Å². The van der Waals surface area contributed by atoms with Crippen molar-refractivity contribution in [2.24, 2.45) is 0 Å². The molecular weight excluding hydrogens is 330 g/mol. The van der Waals surface area contributed by atoms with E-state index in [4.69, 9.17) is 16.3 Å². The van der Waals surface area contributed by atoms with Gasteiger partial charge in [0.25, 0.3) is 0 Å². The van der Waals surface area contributed by atoms with E-state index < -0.39 is 0 Å². The first-order valence-electron chi connectivity index (χ1n) is 7.35. The maximum absolute atomic E-state index is 11.7. The number of hydrogen-bond donors (Lipinski definition) is 2. The predicted molar refractivity (Wildman–Crippen MR) is 93.0 cm³/mol. The molecule has 0 saturated heterocycles. The van der Waals surface area contributed by atoms with E-state index in [1.165, 1.54) is 12.4 Å². The van der Waals surface area contributed by atoms with E-state index in [9.17, 15) is 4.79 Å². The summed E-state index contributed by atoms with van der Waals surface area (Å²) in [5.41, 5.74) is 0.824. The number of anilines is 1. The second-order valence-corrected chi connectivity index (χ2v) is 5.15. The quantitative estimate of drug-likeness (QED) is 0.432.